The van der Waals surface area contributed by atoms with E-state index in [9.17, 15) is 9.59 Å². The molecule has 0 aromatic heterocycles. The molecule has 0 fully saturated rings. The number of hydrogen-bond donors (Lipinski definition) is 4. The Morgan fingerprint density at radius 1 is 1.20 bits per heavy atom. The van der Waals surface area contributed by atoms with Gasteiger partial charge in [-0.2, -0.15) is 0 Å². The normalized spacial score (nSPS) is 11.7. The predicted molar refractivity (Wildman–Crippen MR) is 76.1 cm³/mol. The molecule has 0 saturated heterocycles. The second kappa shape index (κ2) is 8.92. The first-order valence-electron chi connectivity index (χ1n) is 6.64. The summed E-state index contributed by atoms with van der Waals surface area (Å²) in [7, 11) is 0. The highest BCUT2D eigenvalue weighted by Gasteiger charge is 2.18. The molecule has 6 heteroatoms. The lowest BCUT2D eigenvalue weighted by Crippen LogP contribution is -2.45. The van der Waals surface area contributed by atoms with Gasteiger partial charge in [-0.05, 0) is 31.4 Å². The van der Waals surface area contributed by atoms with E-state index in [2.05, 4.69) is 10.6 Å². The van der Waals surface area contributed by atoms with Crippen LogP contribution in [0.1, 0.15) is 24.8 Å². The highest BCUT2D eigenvalue weighted by atomic mass is 16.4. The fourth-order valence-corrected chi connectivity index (χ4v) is 1.74. The third-order valence-corrected chi connectivity index (χ3v) is 2.85. The molecule has 0 radical (unpaired) electrons. The van der Waals surface area contributed by atoms with Crippen molar-refractivity contribution in [2.24, 2.45) is 5.73 Å². The summed E-state index contributed by atoms with van der Waals surface area (Å²) in [4.78, 5) is 22.7. The zero-order valence-electron chi connectivity index (χ0n) is 11.3. The van der Waals surface area contributed by atoms with E-state index in [0.717, 1.165) is 12.0 Å². The van der Waals surface area contributed by atoms with Crippen LogP contribution in [0.2, 0.25) is 0 Å². The molecular formula is C14H21N3O3. The van der Waals surface area contributed by atoms with Gasteiger partial charge in [-0.15, -0.1) is 0 Å². The predicted octanol–water partition coefficient (Wildman–Crippen LogP) is 1.07. The Morgan fingerprint density at radius 2 is 1.90 bits per heavy atom. The molecule has 6 nitrogen and oxygen atoms in total. The molecule has 1 rings (SSSR count). The Labute approximate surface area is 118 Å². The minimum absolute atomic E-state index is 0.363. The van der Waals surface area contributed by atoms with E-state index in [1.165, 1.54) is 0 Å². The van der Waals surface area contributed by atoms with Gasteiger partial charge in [-0.3, -0.25) is 0 Å². The topological polar surface area (TPSA) is 104 Å². The van der Waals surface area contributed by atoms with Gasteiger partial charge in [-0.25, -0.2) is 9.59 Å². The Kier molecular flexibility index (Phi) is 7.13. The number of rotatable bonds is 8. The monoisotopic (exact) mass is 279 g/mol. The van der Waals surface area contributed by atoms with Crippen LogP contribution in [-0.2, 0) is 11.3 Å². The van der Waals surface area contributed by atoms with Gasteiger partial charge in [0.15, 0.2) is 0 Å². The fourth-order valence-electron chi connectivity index (χ4n) is 1.74. The number of carbonyl (C=O) groups excluding carboxylic acids is 1. The minimum atomic E-state index is -1.03. The third-order valence-electron chi connectivity index (χ3n) is 2.85. The summed E-state index contributed by atoms with van der Waals surface area (Å²) in [5.41, 5.74) is 6.31. The Hall–Kier alpha value is -2.08. The molecule has 0 aliphatic carbocycles. The first-order valence-corrected chi connectivity index (χ1v) is 6.64. The van der Waals surface area contributed by atoms with Crippen LogP contribution in [0.25, 0.3) is 0 Å². The molecule has 0 spiro atoms. The molecule has 0 aliphatic heterocycles. The summed E-state index contributed by atoms with van der Waals surface area (Å²) in [5, 5.41) is 14.1. The van der Waals surface area contributed by atoms with E-state index in [1.54, 1.807) is 0 Å². The lowest BCUT2D eigenvalue weighted by molar-refractivity contribution is -0.139. The first-order chi connectivity index (χ1) is 9.63. The van der Waals surface area contributed by atoms with Crippen molar-refractivity contribution in [1.29, 1.82) is 0 Å². The molecule has 1 atom stereocenters. The zero-order valence-corrected chi connectivity index (χ0v) is 11.3. The molecule has 0 bridgehead atoms. The molecule has 110 valence electrons. The van der Waals surface area contributed by atoms with E-state index >= 15 is 0 Å². The molecule has 2 amide bonds. The lowest BCUT2D eigenvalue weighted by Gasteiger charge is -2.15. The molecule has 5 N–H and O–H groups in total. The highest BCUT2D eigenvalue weighted by Crippen LogP contribution is 2.01. The molecule has 0 unspecified atom stereocenters. The molecular weight excluding hydrogens is 258 g/mol. The van der Waals surface area contributed by atoms with Crippen LogP contribution in [0.3, 0.4) is 0 Å². The van der Waals surface area contributed by atoms with Crippen molar-refractivity contribution < 1.29 is 14.7 Å². The summed E-state index contributed by atoms with van der Waals surface area (Å²) in [6.45, 7) is 0.883. The van der Waals surface area contributed by atoms with E-state index < -0.39 is 18.0 Å². The van der Waals surface area contributed by atoms with Crippen LogP contribution in [0.4, 0.5) is 4.79 Å². The summed E-state index contributed by atoms with van der Waals surface area (Å²) in [6.07, 6.45) is 1.80. The number of nitrogens with two attached hydrogens (primary N) is 1. The molecule has 20 heavy (non-hydrogen) atoms. The quantitative estimate of drug-likeness (QED) is 0.534. The van der Waals surface area contributed by atoms with E-state index in [0.29, 0.717) is 25.9 Å². The van der Waals surface area contributed by atoms with E-state index in [-0.39, 0.29) is 0 Å². The molecule has 0 saturated carbocycles. The number of hydrogen-bond acceptors (Lipinski definition) is 3. The Morgan fingerprint density at radius 3 is 2.50 bits per heavy atom. The zero-order chi connectivity index (χ0) is 14.8. The number of urea groups is 1. The van der Waals surface area contributed by atoms with Gasteiger partial charge in [0, 0.05) is 6.54 Å². The number of amides is 2. The van der Waals surface area contributed by atoms with Gasteiger partial charge >= 0.3 is 12.0 Å². The Balaban J connectivity index is 2.36. The van der Waals surface area contributed by atoms with Crippen molar-refractivity contribution in [3.05, 3.63) is 35.9 Å². The lowest BCUT2D eigenvalue weighted by atomic mass is 10.1. The fraction of sp³-hybridized carbons (Fsp3) is 0.429. The molecule has 0 aliphatic rings. The van der Waals surface area contributed by atoms with Crippen LogP contribution in [0, 0.1) is 0 Å². The van der Waals surface area contributed by atoms with Crippen LogP contribution < -0.4 is 16.4 Å². The number of carboxylic acid groups (broad SMARTS) is 1. The van der Waals surface area contributed by atoms with Crippen LogP contribution >= 0.6 is 0 Å². The van der Waals surface area contributed by atoms with Gasteiger partial charge in [0.25, 0.3) is 0 Å². The van der Waals surface area contributed by atoms with Gasteiger partial charge in [0.05, 0.1) is 0 Å². The van der Waals surface area contributed by atoms with Crippen LogP contribution in [0.5, 0.6) is 0 Å². The van der Waals surface area contributed by atoms with E-state index in [1.807, 2.05) is 30.3 Å². The summed E-state index contributed by atoms with van der Waals surface area (Å²) < 4.78 is 0. The van der Waals surface area contributed by atoms with Crippen molar-refractivity contribution >= 4 is 12.0 Å². The van der Waals surface area contributed by atoms with Gasteiger partial charge in [-0.1, -0.05) is 30.3 Å². The summed E-state index contributed by atoms with van der Waals surface area (Å²) in [6, 6.07) is 8.06. The van der Waals surface area contributed by atoms with Crippen molar-refractivity contribution in [1.82, 2.24) is 10.6 Å². The van der Waals surface area contributed by atoms with Gasteiger partial charge in [0.1, 0.15) is 6.04 Å². The summed E-state index contributed by atoms with van der Waals surface area (Å²) in [5.74, 6) is -1.03. The minimum Gasteiger partial charge on any atom is -0.480 e. The molecule has 1 aromatic carbocycles. The number of benzene rings is 1. The first kappa shape index (κ1) is 16.0. The standard InChI is InChI=1S/C14H21N3O3/c15-9-5-4-8-12(13(18)19)17-14(20)16-10-11-6-2-1-3-7-11/h1-3,6-7,12H,4-5,8-10,15H2,(H,18,19)(H2,16,17,20)/t12-/m0/s1. The van der Waals surface area contributed by atoms with Crippen LogP contribution in [-0.4, -0.2) is 29.7 Å². The van der Waals surface area contributed by atoms with Crippen molar-refractivity contribution in [3.8, 4) is 0 Å². The Bertz CT molecular complexity index is 423. The third kappa shape index (κ3) is 6.19. The maximum absolute atomic E-state index is 11.7. The number of carbonyl (C=O) groups is 2. The second-order valence-corrected chi connectivity index (χ2v) is 4.49. The highest BCUT2D eigenvalue weighted by molar-refractivity contribution is 5.82. The summed E-state index contributed by atoms with van der Waals surface area (Å²) >= 11 is 0. The largest absolute Gasteiger partial charge is 0.480 e. The number of aliphatic carboxylic acids is 1. The van der Waals surface area contributed by atoms with E-state index in [4.69, 9.17) is 10.8 Å². The number of carboxylic acids is 1. The second-order valence-electron chi connectivity index (χ2n) is 4.49. The maximum Gasteiger partial charge on any atom is 0.326 e. The molecule has 0 heterocycles. The number of nitrogens with one attached hydrogen (secondary N) is 2. The maximum atomic E-state index is 11.7. The molecule has 1 aromatic rings. The average molecular weight is 279 g/mol. The SMILES string of the molecule is NCCCC[C@H](NC(=O)NCc1ccccc1)C(=O)O. The van der Waals surface area contributed by atoms with Crippen molar-refractivity contribution in [2.45, 2.75) is 31.8 Å². The van der Waals surface area contributed by atoms with Crippen LogP contribution in [0.15, 0.2) is 30.3 Å². The van der Waals surface area contributed by atoms with Gasteiger partial charge in [0.2, 0.25) is 0 Å². The van der Waals surface area contributed by atoms with Crippen molar-refractivity contribution in [3.63, 3.8) is 0 Å². The smallest absolute Gasteiger partial charge is 0.326 e. The van der Waals surface area contributed by atoms with Gasteiger partial charge < -0.3 is 21.5 Å². The average Bonchev–Trinajstić information content (AvgIpc) is 2.45. The van der Waals surface area contributed by atoms with Crippen molar-refractivity contribution in [2.75, 3.05) is 6.54 Å². The number of unbranched alkanes of at least 4 members (excludes halogenated alkanes) is 1.